The molecule has 3 aromatic rings. The Balaban J connectivity index is 2.12. The van der Waals surface area contributed by atoms with Crippen LogP contribution in [0.4, 0.5) is 4.39 Å². The third kappa shape index (κ3) is 2.76. The van der Waals surface area contributed by atoms with Crippen molar-refractivity contribution in [2.24, 2.45) is 0 Å². The van der Waals surface area contributed by atoms with E-state index in [2.05, 4.69) is 10.1 Å². The Kier molecular flexibility index (Phi) is 3.87. The molecule has 2 aromatic heterocycles. The molecule has 0 saturated heterocycles. The predicted molar refractivity (Wildman–Crippen MR) is 79.5 cm³/mol. The van der Waals surface area contributed by atoms with Crippen LogP contribution < -0.4 is 0 Å². The number of fused-ring (bicyclic) bond motifs is 1. The molecule has 4 nitrogen and oxygen atoms in total. The first-order chi connectivity index (χ1) is 10.1. The van der Waals surface area contributed by atoms with E-state index in [1.165, 1.54) is 12.1 Å². The Bertz CT molecular complexity index is 797. The zero-order chi connectivity index (χ0) is 15.0. The molecule has 1 aromatic carbocycles. The van der Waals surface area contributed by atoms with Gasteiger partial charge in [0.05, 0.1) is 28.3 Å². The topological polar surface area (TPSA) is 43.9 Å². The van der Waals surface area contributed by atoms with Crippen LogP contribution in [0, 0.1) is 12.7 Å². The maximum atomic E-state index is 13.7. The Morgan fingerprint density at radius 1 is 1.33 bits per heavy atom. The minimum absolute atomic E-state index is 0.0556. The summed E-state index contributed by atoms with van der Waals surface area (Å²) in [4.78, 5) is 4.47. The molecule has 0 fully saturated rings. The predicted octanol–water partition coefficient (Wildman–Crippen LogP) is 3.95. The van der Waals surface area contributed by atoms with Gasteiger partial charge in [0, 0.05) is 24.4 Å². The summed E-state index contributed by atoms with van der Waals surface area (Å²) in [5.74, 6) is 1.39. The van der Waals surface area contributed by atoms with Crippen LogP contribution in [0.2, 0.25) is 5.02 Å². The summed E-state index contributed by atoms with van der Waals surface area (Å²) in [6.45, 7) is 2.27. The van der Waals surface area contributed by atoms with Crippen molar-refractivity contribution in [3.8, 4) is 0 Å². The van der Waals surface area contributed by atoms with Gasteiger partial charge in [0.2, 0.25) is 0 Å². The molecule has 0 N–H and O–H groups in total. The second kappa shape index (κ2) is 5.66. The summed E-state index contributed by atoms with van der Waals surface area (Å²) < 4.78 is 20.8. The number of aromatic nitrogens is 3. The average Bonchev–Trinajstić information content (AvgIpc) is 2.97. The van der Waals surface area contributed by atoms with E-state index < -0.39 is 5.82 Å². The van der Waals surface area contributed by atoms with Gasteiger partial charge in [-0.1, -0.05) is 16.8 Å². The lowest BCUT2D eigenvalue weighted by atomic mass is 10.3. The lowest BCUT2D eigenvalue weighted by molar-refractivity contribution is 0.373. The Labute approximate surface area is 130 Å². The number of hydrogen-bond acceptors (Lipinski definition) is 3. The summed E-state index contributed by atoms with van der Waals surface area (Å²) >= 11 is 11.6. The van der Waals surface area contributed by atoms with Crippen molar-refractivity contribution in [3.63, 3.8) is 0 Å². The van der Waals surface area contributed by atoms with Crippen molar-refractivity contribution in [3.05, 3.63) is 46.3 Å². The van der Waals surface area contributed by atoms with Gasteiger partial charge in [-0.05, 0) is 13.0 Å². The van der Waals surface area contributed by atoms with Gasteiger partial charge in [-0.3, -0.25) is 0 Å². The van der Waals surface area contributed by atoms with Crippen LogP contribution >= 0.6 is 23.2 Å². The van der Waals surface area contributed by atoms with Gasteiger partial charge in [0.15, 0.2) is 5.76 Å². The van der Waals surface area contributed by atoms with E-state index in [4.69, 9.17) is 27.7 Å². The van der Waals surface area contributed by atoms with Crippen molar-refractivity contribution in [1.82, 2.24) is 14.7 Å². The molecule has 0 aliphatic rings. The highest BCUT2D eigenvalue weighted by molar-refractivity contribution is 6.31. The van der Waals surface area contributed by atoms with Gasteiger partial charge >= 0.3 is 0 Å². The zero-order valence-corrected chi connectivity index (χ0v) is 12.7. The molecule has 0 radical (unpaired) electrons. The Hall–Kier alpha value is -1.59. The average molecular weight is 328 g/mol. The quantitative estimate of drug-likeness (QED) is 0.681. The lowest BCUT2D eigenvalue weighted by Gasteiger charge is -2.06. The molecule has 21 heavy (non-hydrogen) atoms. The van der Waals surface area contributed by atoms with Gasteiger partial charge in [-0.2, -0.15) is 0 Å². The molecule has 3 rings (SSSR count). The van der Waals surface area contributed by atoms with E-state index >= 15 is 0 Å². The summed E-state index contributed by atoms with van der Waals surface area (Å²) in [6.07, 6.45) is 0.572. The summed E-state index contributed by atoms with van der Waals surface area (Å²) in [5.41, 5.74) is 2.09. The van der Waals surface area contributed by atoms with Crippen LogP contribution in [-0.2, 0) is 13.0 Å². The van der Waals surface area contributed by atoms with Crippen molar-refractivity contribution in [1.29, 1.82) is 0 Å². The second-order valence-corrected chi connectivity index (χ2v) is 5.53. The molecule has 0 amide bonds. The molecule has 0 bridgehead atoms. The van der Waals surface area contributed by atoms with Crippen LogP contribution in [0.15, 0.2) is 22.7 Å². The molecule has 2 heterocycles. The van der Waals surface area contributed by atoms with E-state index in [1.807, 2.05) is 17.6 Å². The fourth-order valence-electron chi connectivity index (χ4n) is 2.27. The second-order valence-electron chi connectivity index (χ2n) is 4.74. The van der Waals surface area contributed by atoms with E-state index in [9.17, 15) is 4.39 Å². The molecule has 110 valence electrons. The number of halogens is 3. The molecule has 0 aliphatic carbocycles. The van der Waals surface area contributed by atoms with Crippen molar-refractivity contribution in [2.45, 2.75) is 19.9 Å². The first-order valence-corrected chi connectivity index (χ1v) is 7.32. The van der Waals surface area contributed by atoms with Crippen LogP contribution in [0.1, 0.15) is 17.3 Å². The number of aryl methyl sites for hydroxylation is 2. The van der Waals surface area contributed by atoms with Crippen LogP contribution in [-0.4, -0.2) is 20.6 Å². The fraction of sp³-hybridized carbons (Fsp3) is 0.286. The summed E-state index contributed by atoms with van der Waals surface area (Å²) in [7, 11) is 0. The van der Waals surface area contributed by atoms with Gasteiger partial charge in [-0.15, -0.1) is 11.6 Å². The number of hydrogen-bond donors (Lipinski definition) is 0. The van der Waals surface area contributed by atoms with Crippen molar-refractivity contribution < 1.29 is 8.91 Å². The SMILES string of the molecule is Cc1cc(Cn2c(CCCl)nc3cc(Cl)c(F)cc32)on1. The minimum atomic E-state index is -0.475. The number of benzene rings is 1. The van der Waals surface area contributed by atoms with Crippen LogP contribution in [0.25, 0.3) is 11.0 Å². The Morgan fingerprint density at radius 3 is 2.81 bits per heavy atom. The van der Waals surface area contributed by atoms with Gasteiger partial charge in [0.25, 0.3) is 0 Å². The van der Waals surface area contributed by atoms with E-state index in [0.717, 1.165) is 11.5 Å². The fourth-order valence-corrected chi connectivity index (χ4v) is 2.60. The zero-order valence-electron chi connectivity index (χ0n) is 11.2. The normalized spacial score (nSPS) is 11.4. The first-order valence-electron chi connectivity index (χ1n) is 6.41. The van der Waals surface area contributed by atoms with Crippen LogP contribution in [0.3, 0.4) is 0 Å². The molecule has 0 saturated carbocycles. The maximum Gasteiger partial charge on any atom is 0.156 e. The smallest absolute Gasteiger partial charge is 0.156 e. The van der Waals surface area contributed by atoms with Crippen LogP contribution in [0.5, 0.6) is 0 Å². The highest BCUT2D eigenvalue weighted by Gasteiger charge is 2.15. The van der Waals surface area contributed by atoms with Crippen molar-refractivity contribution >= 4 is 34.2 Å². The minimum Gasteiger partial charge on any atom is -0.359 e. The van der Waals surface area contributed by atoms with E-state index in [1.54, 1.807) is 0 Å². The maximum absolute atomic E-state index is 13.7. The van der Waals surface area contributed by atoms with E-state index in [0.29, 0.717) is 35.6 Å². The highest BCUT2D eigenvalue weighted by atomic mass is 35.5. The van der Waals surface area contributed by atoms with Gasteiger partial charge in [-0.25, -0.2) is 9.37 Å². The highest BCUT2D eigenvalue weighted by Crippen LogP contribution is 2.25. The summed E-state index contributed by atoms with van der Waals surface area (Å²) in [6, 6.07) is 4.74. The molecule has 0 aliphatic heterocycles. The number of imidazole rings is 1. The molecular formula is C14H12Cl2FN3O. The lowest BCUT2D eigenvalue weighted by Crippen LogP contribution is -2.05. The molecule has 0 unspecified atom stereocenters. The molecule has 0 atom stereocenters. The largest absolute Gasteiger partial charge is 0.359 e. The molecule has 0 spiro atoms. The van der Waals surface area contributed by atoms with Gasteiger partial charge in [0.1, 0.15) is 11.6 Å². The Morgan fingerprint density at radius 2 is 2.14 bits per heavy atom. The number of alkyl halides is 1. The number of rotatable bonds is 4. The monoisotopic (exact) mass is 327 g/mol. The summed E-state index contributed by atoms with van der Waals surface area (Å²) in [5, 5.41) is 3.91. The standard InChI is InChI=1S/C14H12Cl2FN3O/c1-8-4-9(21-19-8)7-20-13-6-11(17)10(16)5-12(13)18-14(20)2-3-15/h4-6H,2-3,7H2,1H3. The van der Waals surface area contributed by atoms with Crippen molar-refractivity contribution in [2.75, 3.05) is 5.88 Å². The third-order valence-corrected chi connectivity index (χ3v) is 3.66. The molecule has 7 heteroatoms. The first kappa shape index (κ1) is 14.4. The van der Waals surface area contributed by atoms with E-state index in [-0.39, 0.29) is 5.02 Å². The third-order valence-electron chi connectivity index (χ3n) is 3.18. The number of nitrogens with zero attached hydrogens (tertiary/aromatic N) is 3. The van der Waals surface area contributed by atoms with Gasteiger partial charge < -0.3 is 9.09 Å². The molecular weight excluding hydrogens is 316 g/mol.